The molecule has 1 amide bonds. The molecular formula is C55H86INO14. The number of Topliss-reactive ketones (excluding diaryl/α,β-unsaturated/α-hetero) is 3. The van der Waals surface area contributed by atoms with E-state index in [-0.39, 0.29) is 80.5 Å². The fraction of sp³-hybridized carbons (Fsp3) is 0.764. The van der Waals surface area contributed by atoms with Crippen LogP contribution in [0.5, 0.6) is 0 Å². The molecule has 0 radical (unpaired) electrons. The lowest BCUT2D eigenvalue weighted by Gasteiger charge is -2.43. The SMILES string of the molecule is CO[C@@H]1C[C@H](C[C@@H](C)[C@@H]2CC(=O)[C@H](C)/C=C(\C)[C@@H](O)[C@@H](OC)C(=O)[C@H](C)C[C@H](C)/C=C/C=C/C=C(\C)[C@H](OCCO)C[C@@H]3CC[C@@H](C)[C@@](O)(O3)C(=O)C(=O)N3CCCCC3C(=O)O2)CC[C@H]1OCCCI. The molecule has 4 rings (SSSR count). The Bertz CT molecular complexity index is 1870. The Balaban J connectivity index is 1.70. The topological polar surface area (TPSA) is 205 Å². The Kier molecular flexibility index (Phi) is 25.7. The van der Waals surface area contributed by atoms with Crippen molar-refractivity contribution in [1.29, 1.82) is 0 Å². The first kappa shape index (κ1) is 60.9. The summed E-state index contributed by atoms with van der Waals surface area (Å²) in [5.74, 6) is -8.00. The van der Waals surface area contributed by atoms with E-state index in [0.717, 1.165) is 35.7 Å². The van der Waals surface area contributed by atoms with Crippen molar-refractivity contribution in [2.24, 2.45) is 35.5 Å². The van der Waals surface area contributed by atoms with E-state index in [2.05, 4.69) is 22.6 Å². The van der Waals surface area contributed by atoms with Crippen LogP contribution in [0.4, 0.5) is 0 Å². The van der Waals surface area contributed by atoms with Crippen LogP contribution in [0.25, 0.3) is 0 Å². The summed E-state index contributed by atoms with van der Waals surface area (Å²) in [5.41, 5.74) is 1.20. The van der Waals surface area contributed by atoms with Crippen molar-refractivity contribution >= 4 is 51.8 Å². The van der Waals surface area contributed by atoms with E-state index in [1.807, 2.05) is 58.1 Å². The van der Waals surface area contributed by atoms with Crippen LogP contribution in [0, 0.1) is 35.5 Å². The molecule has 71 heavy (non-hydrogen) atoms. The number of piperidine rings is 1. The molecule has 0 aromatic heterocycles. The number of rotatable bonds is 12. The number of aliphatic hydroxyl groups excluding tert-OH is 2. The average Bonchev–Trinajstić information content (AvgIpc) is 3.35. The van der Waals surface area contributed by atoms with Gasteiger partial charge in [0.2, 0.25) is 5.79 Å². The maximum Gasteiger partial charge on any atom is 0.329 e. The normalized spacial score (nSPS) is 38.0. The first-order valence-corrected chi connectivity index (χ1v) is 27.7. The second kappa shape index (κ2) is 30.0. The van der Waals surface area contributed by atoms with Crippen molar-refractivity contribution in [3.63, 3.8) is 0 Å². The number of allylic oxidation sites excluding steroid dienone is 6. The maximum atomic E-state index is 14.5. The zero-order valence-corrected chi connectivity index (χ0v) is 46.1. The van der Waals surface area contributed by atoms with Crippen LogP contribution in [0.1, 0.15) is 132 Å². The summed E-state index contributed by atoms with van der Waals surface area (Å²) in [4.78, 5) is 72.5. The highest BCUT2D eigenvalue weighted by Gasteiger charge is 2.53. The highest BCUT2D eigenvalue weighted by molar-refractivity contribution is 14.1. The molecule has 3 aliphatic heterocycles. The molecule has 2 saturated heterocycles. The number of halogens is 1. The summed E-state index contributed by atoms with van der Waals surface area (Å²) in [6.45, 7) is 13.2. The molecule has 16 heteroatoms. The molecule has 3 heterocycles. The number of amides is 1. The van der Waals surface area contributed by atoms with E-state index >= 15 is 0 Å². The minimum Gasteiger partial charge on any atom is -0.460 e. The van der Waals surface area contributed by atoms with E-state index in [1.165, 1.54) is 12.0 Å². The molecule has 3 fully saturated rings. The summed E-state index contributed by atoms with van der Waals surface area (Å²) in [6, 6.07) is -1.15. The van der Waals surface area contributed by atoms with E-state index in [9.17, 15) is 39.3 Å². The number of carbonyl (C=O) groups excluding carboxylic acids is 5. The number of fused-ring (bicyclic) bond motifs is 3. The lowest BCUT2D eigenvalue weighted by molar-refractivity contribution is -0.266. The van der Waals surface area contributed by atoms with Crippen molar-refractivity contribution in [3.05, 3.63) is 47.6 Å². The van der Waals surface area contributed by atoms with E-state index in [0.29, 0.717) is 50.7 Å². The van der Waals surface area contributed by atoms with Crippen LogP contribution in [-0.4, -0.2) is 149 Å². The highest BCUT2D eigenvalue weighted by atomic mass is 127. The van der Waals surface area contributed by atoms with Gasteiger partial charge in [0.05, 0.1) is 37.6 Å². The third-order valence-electron chi connectivity index (χ3n) is 15.2. The first-order chi connectivity index (χ1) is 33.8. The largest absolute Gasteiger partial charge is 0.460 e. The number of methoxy groups -OCH3 is 2. The van der Waals surface area contributed by atoms with Gasteiger partial charge < -0.3 is 48.6 Å². The minimum absolute atomic E-state index is 0.00518. The number of hydrogen-bond acceptors (Lipinski definition) is 14. The second-order valence-corrected chi connectivity index (χ2v) is 21.9. The van der Waals surface area contributed by atoms with Crippen LogP contribution in [-0.2, 0) is 52.4 Å². The molecule has 15 atom stereocenters. The van der Waals surface area contributed by atoms with Gasteiger partial charge in [0, 0.05) is 62.4 Å². The van der Waals surface area contributed by atoms with E-state index in [1.54, 1.807) is 34.0 Å². The van der Waals surface area contributed by atoms with Crippen molar-refractivity contribution in [2.75, 3.05) is 45.0 Å². The van der Waals surface area contributed by atoms with Gasteiger partial charge in [-0.1, -0.05) is 93.7 Å². The number of hydrogen-bond donors (Lipinski definition) is 3. The molecule has 4 aliphatic rings. The summed E-state index contributed by atoms with van der Waals surface area (Å²) in [6.07, 6.45) is 13.0. The van der Waals surface area contributed by atoms with Gasteiger partial charge in [-0.25, -0.2) is 4.79 Å². The van der Waals surface area contributed by atoms with Crippen LogP contribution in [0.2, 0.25) is 0 Å². The van der Waals surface area contributed by atoms with Gasteiger partial charge in [0.15, 0.2) is 5.78 Å². The minimum atomic E-state index is -2.47. The molecule has 1 aliphatic carbocycles. The predicted octanol–water partition coefficient (Wildman–Crippen LogP) is 7.39. The van der Waals surface area contributed by atoms with Gasteiger partial charge >= 0.3 is 5.97 Å². The first-order valence-electron chi connectivity index (χ1n) is 26.2. The average molecular weight is 1110 g/mol. The Labute approximate surface area is 437 Å². The van der Waals surface area contributed by atoms with E-state index < -0.39 is 77.8 Å². The Morgan fingerprint density at radius 1 is 0.873 bits per heavy atom. The maximum absolute atomic E-state index is 14.5. The fourth-order valence-electron chi connectivity index (χ4n) is 10.7. The Morgan fingerprint density at radius 3 is 2.31 bits per heavy atom. The van der Waals surface area contributed by atoms with Gasteiger partial charge in [0.1, 0.15) is 30.1 Å². The third-order valence-corrected chi connectivity index (χ3v) is 16.0. The zero-order valence-electron chi connectivity index (χ0n) is 43.9. The Hall–Kier alpha value is -2.68. The number of carbonyl (C=O) groups is 5. The number of ether oxygens (including phenoxy) is 6. The van der Waals surface area contributed by atoms with E-state index in [4.69, 9.17) is 28.4 Å². The van der Waals surface area contributed by atoms with Crippen molar-refractivity contribution < 1.29 is 67.7 Å². The lowest BCUT2D eigenvalue weighted by atomic mass is 9.78. The van der Waals surface area contributed by atoms with Crippen molar-refractivity contribution in [1.82, 2.24) is 4.90 Å². The smallest absolute Gasteiger partial charge is 0.329 e. The molecular weight excluding hydrogens is 1030 g/mol. The molecule has 402 valence electrons. The lowest BCUT2D eigenvalue weighted by Crippen LogP contribution is -2.61. The summed E-state index contributed by atoms with van der Waals surface area (Å²) in [7, 11) is 3.07. The number of alkyl halides is 1. The molecule has 0 aromatic carbocycles. The van der Waals surface area contributed by atoms with Crippen LogP contribution >= 0.6 is 22.6 Å². The number of nitrogens with zero attached hydrogens (tertiary/aromatic N) is 1. The molecule has 0 aromatic rings. The Morgan fingerprint density at radius 2 is 1.62 bits per heavy atom. The zero-order chi connectivity index (χ0) is 52.4. The molecule has 1 saturated carbocycles. The van der Waals surface area contributed by atoms with Crippen molar-refractivity contribution in [2.45, 2.75) is 186 Å². The van der Waals surface area contributed by atoms with Gasteiger partial charge in [-0.2, -0.15) is 0 Å². The number of aliphatic hydroxyl groups is 3. The van der Waals surface area contributed by atoms with Crippen LogP contribution in [0.15, 0.2) is 47.6 Å². The van der Waals surface area contributed by atoms with Crippen molar-refractivity contribution in [3.8, 4) is 0 Å². The molecule has 3 N–H and O–H groups in total. The molecule has 2 bridgehead atoms. The number of cyclic esters (lactones) is 1. The molecule has 1 unspecified atom stereocenters. The number of esters is 1. The molecule has 15 nitrogen and oxygen atoms in total. The number of ketones is 3. The molecule has 0 spiro atoms. The quantitative estimate of drug-likeness (QED) is 0.0436. The highest BCUT2D eigenvalue weighted by Crippen LogP contribution is 2.38. The third kappa shape index (κ3) is 17.4. The summed E-state index contributed by atoms with van der Waals surface area (Å²) < 4.78 is 37.3. The van der Waals surface area contributed by atoms with Crippen LogP contribution in [0.3, 0.4) is 0 Å². The fourth-order valence-corrected chi connectivity index (χ4v) is 11.0. The van der Waals surface area contributed by atoms with Gasteiger partial charge in [0.25, 0.3) is 11.7 Å². The summed E-state index contributed by atoms with van der Waals surface area (Å²) >= 11 is 2.34. The predicted molar refractivity (Wildman–Crippen MR) is 278 cm³/mol. The summed E-state index contributed by atoms with van der Waals surface area (Å²) in [5, 5.41) is 33.2. The van der Waals surface area contributed by atoms with Gasteiger partial charge in [-0.05, 0) is 113 Å². The van der Waals surface area contributed by atoms with Gasteiger partial charge in [-0.3, -0.25) is 19.2 Å². The van der Waals surface area contributed by atoms with Crippen LogP contribution < -0.4 is 0 Å². The monoisotopic (exact) mass is 1110 g/mol. The second-order valence-electron chi connectivity index (χ2n) is 20.8. The standard InChI is InChI=1S/C55H86INO14/c1-34-16-11-10-12-17-35(2)46(69-27-25-58)32-42-21-19-40(7)55(65,71-42)52(62)53(63)57-24-14-13-18-43(57)54(64)70-47(37(4)30-41-20-22-45(48(31-41)66-8)68-26-15-23-56)33-44(59)36(3)29-39(6)50(61)51(67-9)49(60)38(5)28-34/h10-12,16-17,29,34,36-38,40-43,45-48,50-51,58,61,65H,13-15,18-28,30-33H2,1-9H3/b12-10+,16-11+,35-17+,39-29+/t34-,36-,37-,38-,40-,41+,42+,43?,45-,46-,47+,48-,50-,51+,55-/m1/s1. The van der Waals surface area contributed by atoms with Gasteiger partial charge in [-0.15, -0.1) is 0 Å².